The zero-order valence-electron chi connectivity index (χ0n) is 14.8. The van der Waals surface area contributed by atoms with E-state index >= 15 is 0 Å². The van der Waals surface area contributed by atoms with Gasteiger partial charge in [0.05, 0.1) is 5.69 Å². The first-order valence-corrected chi connectivity index (χ1v) is 9.56. The monoisotopic (exact) mass is 362 g/mol. The number of benzene rings is 1. The molecule has 0 radical (unpaired) electrons. The van der Waals surface area contributed by atoms with Gasteiger partial charge < -0.3 is 10.2 Å². The summed E-state index contributed by atoms with van der Waals surface area (Å²) in [6, 6.07) is 6.43. The topological polar surface area (TPSA) is 50.2 Å². The highest BCUT2D eigenvalue weighted by molar-refractivity contribution is 7.99. The number of carbonyl (C=O) groups is 1. The number of halogens is 1. The van der Waals surface area contributed by atoms with Gasteiger partial charge >= 0.3 is 6.03 Å². The first-order valence-electron chi connectivity index (χ1n) is 8.41. The number of anilines is 1. The molecule has 1 unspecified atom stereocenters. The van der Waals surface area contributed by atoms with E-state index in [0.29, 0.717) is 23.8 Å². The molecule has 2 amide bonds. The van der Waals surface area contributed by atoms with Crippen LogP contribution in [0.15, 0.2) is 24.3 Å². The molecule has 1 fully saturated rings. The number of carbonyl (C=O) groups excluding carboxylic acids is 1. The molecule has 0 aliphatic carbocycles. The van der Waals surface area contributed by atoms with E-state index in [1.165, 1.54) is 6.07 Å². The van der Waals surface area contributed by atoms with Crippen LogP contribution in [0.1, 0.15) is 18.3 Å². The lowest BCUT2D eigenvalue weighted by molar-refractivity contribution is 0.210. The molecule has 2 heterocycles. The Morgan fingerprint density at radius 2 is 2.16 bits per heavy atom. The molecular weight excluding hydrogens is 339 g/mol. The summed E-state index contributed by atoms with van der Waals surface area (Å²) in [7, 11) is 0. The van der Waals surface area contributed by atoms with Gasteiger partial charge in [0.1, 0.15) is 5.69 Å². The molecule has 2 aromatic rings. The molecule has 1 aliphatic heterocycles. The lowest BCUT2D eigenvalue weighted by atomic mass is 10.2. The van der Waals surface area contributed by atoms with Crippen molar-refractivity contribution in [3.8, 4) is 5.69 Å². The third kappa shape index (κ3) is 4.15. The average molecular weight is 362 g/mol. The van der Waals surface area contributed by atoms with Crippen molar-refractivity contribution >= 4 is 23.5 Å². The summed E-state index contributed by atoms with van der Waals surface area (Å²) < 4.78 is 16.1. The Hall–Kier alpha value is -2.02. The molecule has 1 saturated heterocycles. The molecule has 134 valence electrons. The van der Waals surface area contributed by atoms with Crippen LogP contribution >= 0.6 is 11.8 Å². The highest BCUT2D eigenvalue weighted by Crippen LogP contribution is 2.21. The highest BCUT2D eigenvalue weighted by atomic mass is 32.2. The summed E-state index contributed by atoms with van der Waals surface area (Å²) in [6.07, 6.45) is 0. The second kappa shape index (κ2) is 7.47. The van der Waals surface area contributed by atoms with Crippen molar-refractivity contribution in [2.45, 2.75) is 20.8 Å². The molecule has 3 rings (SSSR count). The number of aryl methyl sites for hydroxylation is 2. The Bertz CT molecular complexity index is 776. The van der Waals surface area contributed by atoms with Crippen molar-refractivity contribution in [3.05, 3.63) is 41.5 Å². The minimum atomic E-state index is -0.413. The van der Waals surface area contributed by atoms with Gasteiger partial charge in [0.15, 0.2) is 5.82 Å². The lowest BCUT2D eigenvalue weighted by Gasteiger charge is -2.23. The molecule has 25 heavy (non-hydrogen) atoms. The van der Waals surface area contributed by atoms with Crippen LogP contribution in [0.3, 0.4) is 0 Å². The van der Waals surface area contributed by atoms with Crippen LogP contribution in [-0.2, 0) is 0 Å². The molecule has 1 aromatic heterocycles. The standard InChI is InChI=1S/C18H23FN4OS/c1-12-10-22(6-7-25-11-12)18(24)20-15-4-5-17(16(19)9-15)23-14(3)8-13(2)21-23/h4-5,8-9,12H,6-7,10-11H2,1-3H3,(H,20,24). The van der Waals surface area contributed by atoms with Gasteiger partial charge in [-0.1, -0.05) is 6.92 Å². The average Bonchev–Trinajstić information content (AvgIpc) is 2.75. The maximum absolute atomic E-state index is 14.5. The summed E-state index contributed by atoms with van der Waals surface area (Å²) in [5, 5.41) is 7.11. The number of hydrogen-bond donors (Lipinski definition) is 1. The van der Waals surface area contributed by atoms with Gasteiger partial charge in [0, 0.05) is 30.2 Å². The maximum atomic E-state index is 14.5. The Morgan fingerprint density at radius 1 is 1.36 bits per heavy atom. The lowest BCUT2D eigenvalue weighted by Crippen LogP contribution is -2.38. The highest BCUT2D eigenvalue weighted by Gasteiger charge is 2.20. The molecule has 0 spiro atoms. The third-order valence-electron chi connectivity index (χ3n) is 4.16. The van der Waals surface area contributed by atoms with Crippen molar-refractivity contribution < 1.29 is 9.18 Å². The van der Waals surface area contributed by atoms with Crippen molar-refractivity contribution in [2.24, 2.45) is 5.92 Å². The first-order chi connectivity index (χ1) is 11.9. The van der Waals surface area contributed by atoms with Crippen molar-refractivity contribution in [2.75, 3.05) is 29.9 Å². The summed E-state index contributed by atoms with van der Waals surface area (Å²) in [4.78, 5) is 14.3. The SMILES string of the molecule is Cc1cc(C)n(-c2ccc(NC(=O)N3CCSCC(C)C3)cc2F)n1. The normalized spacial score (nSPS) is 18.1. The van der Waals surface area contributed by atoms with Crippen molar-refractivity contribution in [1.82, 2.24) is 14.7 Å². The molecule has 0 bridgehead atoms. The number of amides is 2. The second-order valence-corrected chi connectivity index (χ2v) is 7.71. The fourth-order valence-electron chi connectivity index (χ4n) is 3.00. The van der Waals surface area contributed by atoms with Crippen molar-refractivity contribution in [3.63, 3.8) is 0 Å². The second-order valence-electron chi connectivity index (χ2n) is 6.56. The fraction of sp³-hybridized carbons (Fsp3) is 0.444. The fourth-order valence-corrected chi connectivity index (χ4v) is 4.02. The Labute approximate surface area is 151 Å². The zero-order valence-corrected chi connectivity index (χ0v) is 15.6. The number of thioether (sulfide) groups is 1. The number of nitrogens with zero attached hydrogens (tertiary/aromatic N) is 3. The van der Waals surface area contributed by atoms with Crippen LogP contribution in [0.5, 0.6) is 0 Å². The molecule has 7 heteroatoms. The molecule has 1 atom stereocenters. The molecule has 0 saturated carbocycles. The Kier molecular flexibility index (Phi) is 5.32. The van der Waals surface area contributed by atoms with Gasteiger partial charge in [-0.15, -0.1) is 0 Å². The van der Waals surface area contributed by atoms with Gasteiger partial charge in [0.25, 0.3) is 0 Å². The van der Waals surface area contributed by atoms with E-state index in [1.54, 1.807) is 21.7 Å². The van der Waals surface area contributed by atoms with Crippen LogP contribution in [0.2, 0.25) is 0 Å². The summed E-state index contributed by atoms with van der Waals surface area (Å²) in [6.45, 7) is 7.34. The molecule has 1 aliphatic rings. The number of nitrogens with one attached hydrogen (secondary N) is 1. The molecule has 5 nitrogen and oxygen atoms in total. The van der Waals surface area contributed by atoms with E-state index in [-0.39, 0.29) is 6.03 Å². The number of urea groups is 1. The Balaban J connectivity index is 1.74. The smallest absolute Gasteiger partial charge is 0.321 e. The predicted molar refractivity (Wildman–Crippen MR) is 100 cm³/mol. The van der Waals surface area contributed by atoms with E-state index in [4.69, 9.17) is 0 Å². The van der Waals surface area contributed by atoms with E-state index in [9.17, 15) is 9.18 Å². The van der Waals surface area contributed by atoms with Crippen molar-refractivity contribution in [1.29, 1.82) is 0 Å². The number of rotatable bonds is 2. The summed E-state index contributed by atoms with van der Waals surface area (Å²) in [5.74, 6) is 2.05. The summed E-state index contributed by atoms with van der Waals surface area (Å²) in [5.41, 5.74) is 2.53. The largest absolute Gasteiger partial charge is 0.323 e. The minimum absolute atomic E-state index is 0.174. The van der Waals surface area contributed by atoms with Gasteiger partial charge in [-0.05, 0) is 49.8 Å². The van der Waals surface area contributed by atoms with Gasteiger partial charge in [-0.25, -0.2) is 13.9 Å². The molecular formula is C18H23FN4OS. The minimum Gasteiger partial charge on any atom is -0.323 e. The maximum Gasteiger partial charge on any atom is 0.321 e. The van der Waals surface area contributed by atoms with E-state index in [1.807, 2.05) is 31.7 Å². The van der Waals surface area contributed by atoms with Gasteiger partial charge in [-0.3, -0.25) is 0 Å². The van der Waals surface area contributed by atoms with Crippen LogP contribution in [0.4, 0.5) is 14.9 Å². The van der Waals surface area contributed by atoms with E-state index in [2.05, 4.69) is 17.3 Å². The quantitative estimate of drug-likeness (QED) is 0.883. The van der Waals surface area contributed by atoms with Gasteiger partial charge in [-0.2, -0.15) is 16.9 Å². The third-order valence-corrected chi connectivity index (χ3v) is 5.44. The predicted octanol–water partition coefficient (Wildman–Crippen LogP) is 3.85. The Morgan fingerprint density at radius 3 is 2.84 bits per heavy atom. The summed E-state index contributed by atoms with van der Waals surface area (Å²) >= 11 is 1.87. The van der Waals surface area contributed by atoms with Crippen LogP contribution in [0.25, 0.3) is 5.69 Å². The van der Waals surface area contributed by atoms with E-state index in [0.717, 1.165) is 29.4 Å². The molecule has 1 N–H and O–H groups in total. The number of hydrogen-bond acceptors (Lipinski definition) is 3. The van der Waals surface area contributed by atoms with Crippen LogP contribution in [0, 0.1) is 25.6 Å². The van der Waals surface area contributed by atoms with Crippen LogP contribution < -0.4 is 5.32 Å². The number of aromatic nitrogens is 2. The van der Waals surface area contributed by atoms with E-state index < -0.39 is 5.82 Å². The van der Waals surface area contributed by atoms with Crippen LogP contribution in [-0.4, -0.2) is 45.3 Å². The van der Waals surface area contributed by atoms with Gasteiger partial charge in [0.2, 0.25) is 0 Å². The molecule has 1 aromatic carbocycles. The zero-order chi connectivity index (χ0) is 18.0. The first kappa shape index (κ1) is 17.8.